The third-order valence-electron chi connectivity index (χ3n) is 3.72. The third-order valence-corrected chi connectivity index (χ3v) is 3.72. The second kappa shape index (κ2) is 2.68. The fourth-order valence-corrected chi connectivity index (χ4v) is 3.08. The van der Waals surface area contributed by atoms with Crippen LogP contribution in [0.3, 0.4) is 0 Å². The van der Waals surface area contributed by atoms with Gasteiger partial charge in [0.25, 0.3) is 0 Å². The molecule has 2 rings (SSSR count). The van der Waals surface area contributed by atoms with Crippen molar-refractivity contribution in [2.24, 2.45) is 17.3 Å². The number of aldehydes is 2. The van der Waals surface area contributed by atoms with Gasteiger partial charge in [0.05, 0.1) is 0 Å². The molecule has 0 aliphatic heterocycles. The molecule has 0 spiro atoms. The Hall–Kier alpha value is -0.660. The molecule has 3 atom stereocenters. The zero-order valence-corrected chi connectivity index (χ0v) is 7.16. The fourth-order valence-electron chi connectivity index (χ4n) is 3.08. The van der Waals surface area contributed by atoms with Crippen LogP contribution in [0.5, 0.6) is 0 Å². The Balaban J connectivity index is 2.18. The molecule has 2 aliphatic rings. The first-order chi connectivity index (χ1) is 5.80. The number of fused-ring (bicyclic) bond motifs is 2. The molecule has 2 bridgehead atoms. The van der Waals surface area contributed by atoms with Crippen LogP contribution >= 0.6 is 0 Å². The Bertz CT molecular complexity index is 212. The molecular formula is C10H14O2. The van der Waals surface area contributed by atoms with E-state index in [-0.39, 0.29) is 5.41 Å². The van der Waals surface area contributed by atoms with Crippen LogP contribution in [0.2, 0.25) is 0 Å². The lowest BCUT2D eigenvalue weighted by Crippen LogP contribution is -2.29. The minimum atomic E-state index is -0.245. The number of carbonyl (C=O) groups is 2. The van der Waals surface area contributed by atoms with Crippen molar-refractivity contribution >= 4 is 12.6 Å². The lowest BCUT2D eigenvalue weighted by Gasteiger charge is -2.30. The molecule has 0 aromatic heterocycles. The number of carbonyl (C=O) groups excluding carboxylic acids is 2. The van der Waals surface area contributed by atoms with E-state index in [9.17, 15) is 9.59 Å². The molecule has 0 radical (unpaired) electrons. The van der Waals surface area contributed by atoms with Crippen molar-refractivity contribution in [2.75, 3.05) is 0 Å². The summed E-state index contributed by atoms with van der Waals surface area (Å²) in [5.74, 6) is 1.25. The minimum absolute atomic E-state index is 0.245. The Morgan fingerprint density at radius 2 is 2.17 bits per heavy atom. The highest BCUT2D eigenvalue weighted by atomic mass is 16.1. The number of hydrogen-bond donors (Lipinski definition) is 0. The van der Waals surface area contributed by atoms with Crippen LogP contribution in [0, 0.1) is 17.3 Å². The predicted molar refractivity (Wildman–Crippen MR) is 44.6 cm³/mol. The second-order valence-corrected chi connectivity index (χ2v) is 4.30. The number of hydrogen-bond acceptors (Lipinski definition) is 2. The zero-order chi connectivity index (χ0) is 8.60. The summed E-state index contributed by atoms with van der Waals surface area (Å²) in [7, 11) is 0. The van der Waals surface area contributed by atoms with E-state index in [1.165, 1.54) is 12.8 Å². The summed E-state index contributed by atoms with van der Waals surface area (Å²) in [5, 5.41) is 0. The van der Waals surface area contributed by atoms with Crippen molar-refractivity contribution in [1.29, 1.82) is 0 Å². The third kappa shape index (κ3) is 0.936. The maximum atomic E-state index is 11.0. The monoisotopic (exact) mass is 166 g/mol. The van der Waals surface area contributed by atoms with Gasteiger partial charge in [-0.15, -0.1) is 0 Å². The van der Waals surface area contributed by atoms with Crippen LogP contribution in [0.4, 0.5) is 0 Å². The van der Waals surface area contributed by atoms with Crippen LogP contribution < -0.4 is 0 Å². The van der Waals surface area contributed by atoms with Crippen LogP contribution in [0.1, 0.15) is 32.1 Å². The summed E-state index contributed by atoms with van der Waals surface area (Å²) in [6.45, 7) is 0. The minimum Gasteiger partial charge on any atom is -0.303 e. The molecule has 0 saturated heterocycles. The molecule has 0 amide bonds. The van der Waals surface area contributed by atoms with Gasteiger partial charge in [-0.2, -0.15) is 0 Å². The smallest absolute Gasteiger partial charge is 0.126 e. The van der Waals surface area contributed by atoms with E-state index in [0.717, 1.165) is 31.3 Å². The van der Waals surface area contributed by atoms with Crippen molar-refractivity contribution in [3.63, 3.8) is 0 Å². The summed E-state index contributed by atoms with van der Waals surface area (Å²) in [4.78, 5) is 21.4. The zero-order valence-electron chi connectivity index (χ0n) is 7.16. The largest absolute Gasteiger partial charge is 0.303 e. The van der Waals surface area contributed by atoms with E-state index in [2.05, 4.69) is 0 Å². The van der Waals surface area contributed by atoms with Gasteiger partial charge in [0, 0.05) is 11.8 Å². The number of rotatable bonds is 3. The average Bonchev–Trinajstić information content (AvgIpc) is 2.64. The fraction of sp³-hybridized carbons (Fsp3) is 0.800. The second-order valence-electron chi connectivity index (χ2n) is 4.30. The molecule has 12 heavy (non-hydrogen) atoms. The van der Waals surface area contributed by atoms with E-state index < -0.39 is 0 Å². The summed E-state index contributed by atoms with van der Waals surface area (Å²) < 4.78 is 0. The van der Waals surface area contributed by atoms with E-state index in [4.69, 9.17) is 0 Å². The highest BCUT2D eigenvalue weighted by Gasteiger charge is 2.50. The van der Waals surface area contributed by atoms with Crippen molar-refractivity contribution < 1.29 is 9.59 Å². The van der Waals surface area contributed by atoms with Gasteiger partial charge in [0.2, 0.25) is 0 Å². The van der Waals surface area contributed by atoms with E-state index >= 15 is 0 Å². The van der Waals surface area contributed by atoms with Gasteiger partial charge in [-0.25, -0.2) is 0 Å². The summed E-state index contributed by atoms with van der Waals surface area (Å²) in [5.41, 5.74) is -0.245. The molecule has 0 heterocycles. The molecule has 3 unspecified atom stereocenters. The van der Waals surface area contributed by atoms with Crippen LogP contribution in [-0.2, 0) is 9.59 Å². The van der Waals surface area contributed by atoms with Gasteiger partial charge in [-0.1, -0.05) is 6.42 Å². The Morgan fingerprint density at radius 3 is 2.58 bits per heavy atom. The highest BCUT2D eigenvalue weighted by Crippen LogP contribution is 2.56. The molecule has 2 heteroatoms. The molecule has 2 nitrogen and oxygen atoms in total. The molecule has 0 aromatic carbocycles. The standard InChI is InChI=1S/C10H14O2/c11-4-3-10(7-12)6-8-1-2-9(10)5-8/h4,7-9H,1-3,5-6H2. The molecule has 2 aliphatic carbocycles. The average molecular weight is 166 g/mol. The van der Waals surface area contributed by atoms with Crippen molar-refractivity contribution in [3.8, 4) is 0 Å². The SMILES string of the molecule is O=CCC1(C=O)CC2CCC1C2. The molecule has 0 aromatic rings. The Kier molecular flexibility index (Phi) is 1.78. The lowest BCUT2D eigenvalue weighted by atomic mass is 9.72. The van der Waals surface area contributed by atoms with Gasteiger partial charge in [0.1, 0.15) is 12.6 Å². The summed E-state index contributed by atoms with van der Waals surface area (Å²) in [6, 6.07) is 0. The van der Waals surface area contributed by atoms with Crippen LogP contribution in [-0.4, -0.2) is 12.6 Å². The normalized spacial score (nSPS) is 44.7. The Labute approximate surface area is 72.3 Å². The topological polar surface area (TPSA) is 34.1 Å². The van der Waals surface area contributed by atoms with E-state index in [1.54, 1.807) is 0 Å². The van der Waals surface area contributed by atoms with Crippen LogP contribution in [0.15, 0.2) is 0 Å². The van der Waals surface area contributed by atoms with Gasteiger partial charge in [0.15, 0.2) is 0 Å². The van der Waals surface area contributed by atoms with E-state index in [0.29, 0.717) is 12.3 Å². The molecule has 2 fully saturated rings. The first kappa shape index (κ1) is 7.96. The van der Waals surface area contributed by atoms with Crippen LogP contribution in [0.25, 0.3) is 0 Å². The molecule has 0 N–H and O–H groups in total. The van der Waals surface area contributed by atoms with Gasteiger partial charge in [-0.3, -0.25) is 0 Å². The predicted octanol–water partition coefficient (Wildman–Crippen LogP) is 1.58. The Morgan fingerprint density at radius 1 is 1.33 bits per heavy atom. The van der Waals surface area contributed by atoms with Gasteiger partial charge in [-0.05, 0) is 31.1 Å². The van der Waals surface area contributed by atoms with Crippen molar-refractivity contribution in [3.05, 3.63) is 0 Å². The first-order valence-electron chi connectivity index (χ1n) is 4.71. The quantitative estimate of drug-likeness (QED) is 0.596. The van der Waals surface area contributed by atoms with Crippen molar-refractivity contribution in [2.45, 2.75) is 32.1 Å². The lowest BCUT2D eigenvalue weighted by molar-refractivity contribution is -0.123. The summed E-state index contributed by atoms with van der Waals surface area (Å²) in [6.07, 6.45) is 7.01. The maximum absolute atomic E-state index is 11.0. The van der Waals surface area contributed by atoms with Gasteiger partial charge < -0.3 is 9.59 Å². The maximum Gasteiger partial charge on any atom is 0.126 e. The first-order valence-corrected chi connectivity index (χ1v) is 4.71. The van der Waals surface area contributed by atoms with Gasteiger partial charge >= 0.3 is 0 Å². The molecular weight excluding hydrogens is 152 g/mol. The highest BCUT2D eigenvalue weighted by molar-refractivity contribution is 5.68. The van der Waals surface area contributed by atoms with E-state index in [1.807, 2.05) is 0 Å². The molecule has 2 saturated carbocycles. The molecule has 66 valence electrons. The summed E-state index contributed by atoms with van der Waals surface area (Å²) >= 11 is 0. The van der Waals surface area contributed by atoms with Crippen molar-refractivity contribution in [1.82, 2.24) is 0 Å².